The summed E-state index contributed by atoms with van der Waals surface area (Å²) in [7, 11) is -0.593. The van der Waals surface area contributed by atoms with E-state index in [2.05, 4.69) is 25.1 Å². The second-order valence-corrected chi connectivity index (χ2v) is 5.65. The van der Waals surface area contributed by atoms with Crippen LogP contribution in [0.5, 0.6) is 0 Å². The van der Waals surface area contributed by atoms with Gasteiger partial charge < -0.3 is 5.32 Å². The third kappa shape index (κ3) is 2.76. The van der Waals surface area contributed by atoms with Gasteiger partial charge in [0.15, 0.2) is 0 Å². The van der Waals surface area contributed by atoms with Gasteiger partial charge in [-0.1, -0.05) is 11.6 Å². The van der Waals surface area contributed by atoms with Gasteiger partial charge in [0.05, 0.1) is 5.02 Å². The van der Waals surface area contributed by atoms with Crippen LogP contribution < -0.4 is 10.0 Å². The zero-order valence-electron chi connectivity index (χ0n) is 10.1. The molecule has 19 heavy (non-hydrogen) atoms. The monoisotopic (exact) mass is 302 g/mol. The minimum Gasteiger partial charge on any atom is -0.372 e. The van der Waals surface area contributed by atoms with Gasteiger partial charge in [-0.25, -0.2) is 22.8 Å². The number of nitrogens with zero attached hydrogens (tertiary/aromatic N) is 4. The van der Waals surface area contributed by atoms with Crippen molar-refractivity contribution in [1.82, 2.24) is 19.7 Å². The molecule has 0 radical (unpaired) electrons. The van der Waals surface area contributed by atoms with Crippen molar-refractivity contribution in [3.8, 4) is 0 Å². The highest BCUT2D eigenvalue weighted by Crippen LogP contribution is 2.22. The molecule has 0 aromatic carbocycles. The van der Waals surface area contributed by atoms with Crippen LogP contribution in [0, 0.1) is 0 Å². The Hall–Kier alpha value is -1.87. The largest absolute Gasteiger partial charge is 0.372 e. The van der Waals surface area contributed by atoms with Crippen molar-refractivity contribution in [3.63, 3.8) is 0 Å². The fourth-order valence-electron chi connectivity index (χ4n) is 1.32. The molecule has 10 heteroatoms. The van der Waals surface area contributed by atoms with Crippen molar-refractivity contribution >= 4 is 33.4 Å². The predicted molar refractivity (Wildman–Crippen MR) is 70.6 cm³/mol. The first kappa shape index (κ1) is 13.6. The summed E-state index contributed by atoms with van der Waals surface area (Å²) in [4.78, 5) is 7.63. The third-order valence-corrected chi connectivity index (χ3v) is 3.88. The maximum Gasteiger partial charge on any atom is 0.265 e. The van der Waals surface area contributed by atoms with E-state index in [1.165, 1.54) is 23.3 Å². The number of pyridine rings is 1. The van der Waals surface area contributed by atoms with Gasteiger partial charge >= 0.3 is 0 Å². The van der Waals surface area contributed by atoms with Crippen molar-refractivity contribution in [1.29, 1.82) is 0 Å². The van der Waals surface area contributed by atoms with Gasteiger partial charge in [0.2, 0.25) is 5.95 Å². The van der Waals surface area contributed by atoms with Crippen molar-refractivity contribution in [2.24, 2.45) is 7.05 Å². The molecular weight excluding hydrogens is 292 g/mol. The Balaban J connectivity index is 2.35. The summed E-state index contributed by atoms with van der Waals surface area (Å²) < 4.78 is 27.8. The molecule has 0 amide bonds. The van der Waals surface area contributed by atoms with Crippen molar-refractivity contribution in [2.75, 3.05) is 17.1 Å². The van der Waals surface area contributed by atoms with Crippen LogP contribution in [0.2, 0.25) is 5.02 Å². The number of nitrogens with one attached hydrogen (secondary N) is 2. The van der Waals surface area contributed by atoms with Gasteiger partial charge in [0, 0.05) is 20.3 Å². The van der Waals surface area contributed by atoms with E-state index in [4.69, 9.17) is 11.6 Å². The predicted octanol–water partition coefficient (Wildman–Crippen LogP) is 0.706. The van der Waals surface area contributed by atoms with Gasteiger partial charge in [-0.3, -0.25) is 0 Å². The lowest BCUT2D eigenvalue weighted by molar-refractivity contribution is 0.599. The summed E-state index contributed by atoms with van der Waals surface area (Å²) in [6, 6.07) is 1.30. The first-order valence-corrected chi connectivity index (χ1v) is 7.00. The molecule has 0 spiro atoms. The van der Waals surface area contributed by atoms with Crippen LogP contribution in [0.1, 0.15) is 0 Å². The molecule has 2 N–H and O–H groups in total. The molecule has 2 aromatic heterocycles. The highest BCUT2D eigenvalue weighted by atomic mass is 35.5. The van der Waals surface area contributed by atoms with Gasteiger partial charge in [0.1, 0.15) is 17.0 Å². The number of anilines is 2. The van der Waals surface area contributed by atoms with Gasteiger partial charge in [-0.05, 0) is 6.07 Å². The van der Waals surface area contributed by atoms with Crippen LogP contribution in [-0.4, -0.2) is 35.2 Å². The molecule has 8 nitrogen and oxygen atoms in total. The molecule has 2 rings (SSSR count). The summed E-state index contributed by atoms with van der Waals surface area (Å²) in [6.07, 6.45) is 2.45. The standard InChI is InChI=1S/C9H11ClN6O2S/c1-11-8-7(10)3-6(4-12-8)19(17,18)15-9-13-5-14-16(9)2/h3-5H,1-2H3,(H,11,12)(H,13,14,15). The summed E-state index contributed by atoms with van der Waals surface area (Å²) >= 11 is 5.90. The average Bonchev–Trinajstić information content (AvgIpc) is 2.74. The second-order valence-electron chi connectivity index (χ2n) is 3.56. The molecule has 0 bridgehead atoms. The molecule has 0 fully saturated rings. The minimum absolute atomic E-state index is 0.0560. The topological polar surface area (TPSA) is 102 Å². The first-order valence-electron chi connectivity index (χ1n) is 5.14. The third-order valence-electron chi connectivity index (χ3n) is 2.30. The number of halogens is 1. The van der Waals surface area contributed by atoms with Gasteiger partial charge in [0.25, 0.3) is 10.0 Å². The molecule has 0 aliphatic rings. The van der Waals surface area contributed by atoms with E-state index >= 15 is 0 Å². The number of hydrogen-bond acceptors (Lipinski definition) is 6. The zero-order valence-corrected chi connectivity index (χ0v) is 11.7. The number of sulfonamides is 1. The Kier molecular flexibility index (Phi) is 3.58. The molecule has 2 heterocycles. The normalized spacial score (nSPS) is 11.3. The average molecular weight is 303 g/mol. The quantitative estimate of drug-likeness (QED) is 0.862. The molecule has 0 aliphatic heterocycles. The molecule has 0 saturated carbocycles. The maximum absolute atomic E-state index is 12.1. The second kappa shape index (κ2) is 5.02. The fourth-order valence-corrected chi connectivity index (χ4v) is 2.65. The van der Waals surface area contributed by atoms with Crippen LogP contribution >= 0.6 is 11.6 Å². The SMILES string of the molecule is CNc1ncc(S(=O)(=O)Nc2ncnn2C)cc1Cl. The minimum atomic E-state index is -3.80. The molecular formula is C9H11ClN6O2S. The van der Waals surface area contributed by atoms with Crippen LogP contribution in [0.25, 0.3) is 0 Å². The maximum atomic E-state index is 12.1. The van der Waals surface area contributed by atoms with Gasteiger partial charge in [-0.15, -0.1) is 0 Å². The number of rotatable bonds is 4. The smallest absolute Gasteiger partial charge is 0.265 e. The Labute approximate surface area is 114 Å². The number of aromatic nitrogens is 4. The summed E-state index contributed by atoms with van der Waals surface area (Å²) in [5.74, 6) is 0.507. The molecule has 0 unspecified atom stereocenters. The molecule has 102 valence electrons. The highest BCUT2D eigenvalue weighted by molar-refractivity contribution is 7.92. The Morgan fingerprint density at radius 1 is 1.37 bits per heavy atom. The van der Waals surface area contributed by atoms with E-state index in [0.717, 1.165) is 0 Å². The Morgan fingerprint density at radius 2 is 2.11 bits per heavy atom. The van der Waals surface area contributed by atoms with Crippen LogP contribution in [0.15, 0.2) is 23.5 Å². The number of hydrogen-bond donors (Lipinski definition) is 2. The summed E-state index contributed by atoms with van der Waals surface area (Å²) in [5, 5.41) is 6.72. The van der Waals surface area contributed by atoms with E-state index in [1.807, 2.05) is 0 Å². The van der Waals surface area contributed by atoms with E-state index in [9.17, 15) is 8.42 Å². The van der Waals surface area contributed by atoms with Gasteiger partial charge in [-0.2, -0.15) is 10.1 Å². The zero-order chi connectivity index (χ0) is 14.0. The van der Waals surface area contributed by atoms with E-state index < -0.39 is 10.0 Å². The Morgan fingerprint density at radius 3 is 2.63 bits per heavy atom. The van der Waals surface area contributed by atoms with E-state index in [1.54, 1.807) is 14.1 Å². The first-order chi connectivity index (χ1) is 8.94. The van der Waals surface area contributed by atoms with E-state index in [-0.39, 0.29) is 15.9 Å². The Bertz CT molecular complexity index is 698. The van der Waals surface area contributed by atoms with Crippen LogP contribution in [0.4, 0.5) is 11.8 Å². The lowest BCUT2D eigenvalue weighted by Gasteiger charge is -2.08. The van der Waals surface area contributed by atoms with Crippen LogP contribution in [0.3, 0.4) is 0 Å². The van der Waals surface area contributed by atoms with E-state index in [0.29, 0.717) is 5.82 Å². The fraction of sp³-hybridized carbons (Fsp3) is 0.222. The van der Waals surface area contributed by atoms with Crippen LogP contribution in [-0.2, 0) is 17.1 Å². The molecule has 0 aliphatic carbocycles. The summed E-state index contributed by atoms with van der Waals surface area (Å²) in [5.41, 5.74) is 0. The molecule has 0 atom stereocenters. The molecule has 2 aromatic rings. The summed E-state index contributed by atoms with van der Waals surface area (Å²) in [6.45, 7) is 0. The van der Waals surface area contributed by atoms with Crippen molar-refractivity contribution < 1.29 is 8.42 Å². The highest BCUT2D eigenvalue weighted by Gasteiger charge is 2.18. The number of aryl methyl sites for hydroxylation is 1. The van der Waals surface area contributed by atoms with Crippen molar-refractivity contribution in [2.45, 2.75) is 4.90 Å². The lowest BCUT2D eigenvalue weighted by Crippen LogP contribution is -2.16. The molecule has 0 saturated heterocycles. The van der Waals surface area contributed by atoms with Crippen molar-refractivity contribution in [3.05, 3.63) is 23.6 Å². The lowest BCUT2D eigenvalue weighted by atomic mass is 10.4.